The van der Waals surface area contributed by atoms with Crippen LogP contribution in [0, 0.1) is 22.7 Å². The highest BCUT2D eigenvalue weighted by molar-refractivity contribution is 7.98. The molecule has 7 heteroatoms. The van der Waals surface area contributed by atoms with Gasteiger partial charge in [0, 0.05) is 25.0 Å². The van der Waals surface area contributed by atoms with Crippen LogP contribution in [-0.4, -0.2) is 14.5 Å². The van der Waals surface area contributed by atoms with Gasteiger partial charge in [0.1, 0.15) is 34.4 Å². The van der Waals surface area contributed by atoms with E-state index in [0.29, 0.717) is 21.9 Å². The van der Waals surface area contributed by atoms with Crippen molar-refractivity contribution in [3.05, 3.63) is 59.7 Å². The van der Waals surface area contributed by atoms with Crippen LogP contribution in [0.25, 0.3) is 11.1 Å². The number of pyridine rings is 1. The van der Waals surface area contributed by atoms with Crippen molar-refractivity contribution in [2.75, 3.05) is 5.73 Å². The lowest BCUT2D eigenvalue weighted by molar-refractivity contribution is 0.848. The first-order valence-corrected chi connectivity index (χ1v) is 8.42. The molecule has 0 aliphatic carbocycles. The molecule has 3 aromatic rings. The summed E-state index contributed by atoms with van der Waals surface area (Å²) in [6, 6.07) is 13.6. The lowest BCUT2D eigenvalue weighted by Crippen LogP contribution is -2.04. The molecule has 0 atom stereocenters. The lowest BCUT2D eigenvalue weighted by atomic mass is 9.97. The van der Waals surface area contributed by atoms with E-state index >= 15 is 0 Å². The number of rotatable bonds is 4. The van der Waals surface area contributed by atoms with Crippen LogP contribution in [0.5, 0.6) is 0 Å². The molecule has 0 saturated carbocycles. The summed E-state index contributed by atoms with van der Waals surface area (Å²) in [5.41, 5.74) is 7.87. The van der Waals surface area contributed by atoms with E-state index in [1.165, 1.54) is 11.8 Å². The first kappa shape index (κ1) is 16.6. The first-order valence-electron chi connectivity index (χ1n) is 7.43. The lowest BCUT2D eigenvalue weighted by Gasteiger charge is -2.12. The molecule has 2 N–H and O–H groups in total. The van der Waals surface area contributed by atoms with Gasteiger partial charge in [0.25, 0.3) is 0 Å². The molecule has 0 unspecified atom stereocenters. The van der Waals surface area contributed by atoms with Crippen molar-refractivity contribution in [3.63, 3.8) is 0 Å². The molecule has 0 radical (unpaired) electrons. The summed E-state index contributed by atoms with van der Waals surface area (Å²) in [5.74, 6) is 1.53. The number of hydrogen-bond donors (Lipinski definition) is 1. The number of benzene rings is 1. The highest BCUT2D eigenvalue weighted by Crippen LogP contribution is 2.36. The minimum Gasteiger partial charge on any atom is -0.383 e. The molecule has 2 aromatic heterocycles. The van der Waals surface area contributed by atoms with Crippen LogP contribution in [0.2, 0.25) is 0 Å². The molecule has 6 nitrogen and oxygen atoms in total. The monoisotopic (exact) mass is 346 g/mol. The van der Waals surface area contributed by atoms with Crippen LogP contribution in [-0.2, 0) is 12.8 Å². The normalized spacial score (nSPS) is 10.2. The maximum Gasteiger partial charge on any atom is 0.143 e. The predicted octanol–water partition coefficient (Wildman–Crippen LogP) is 3.10. The number of nitriles is 2. The largest absolute Gasteiger partial charge is 0.383 e. The van der Waals surface area contributed by atoms with Gasteiger partial charge in [0.05, 0.1) is 11.3 Å². The number of thioether (sulfide) groups is 1. The highest BCUT2D eigenvalue weighted by atomic mass is 32.2. The Balaban J connectivity index is 2.11. The summed E-state index contributed by atoms with van der Waals surface area (Å²) in [7, 11) is 1.91. The van der Waals surface area contributed by atoms with Gasteiger partial charge in [0.2, 0.25) is 0 Å². The number of imidazole rings is 1. The zero-order valence-electron chi connectivity index (χ0n) is 13.5. The summed E-state index contributed by atoms with van der Waals surface area (Å²) in [6.07, 6.45) is 3.58. The van der Waals surface area contributed by atoms with Crippen molar-refractivity contribution >= 4 is 17.6 Å². The third-order valence-corrected chi connectivity index (χ3v) is 4.71. The topological polar surface area (TPSA) is 104 Å². The Kier molecular flexibility index (Phi) is 4.69. The van der Waals surface area contributed by atoms with Crippen molar-refractivity contribution in [2.45, 2.75) is 10.8 Å². The van der Waals surface area contributed by atoms with Crippen LogP contribution in [0.15, 0.2) is 47.8 Å². The maximum absolute atomic E-state index is 9.71. The second-order valence-corrected chi connectivity index (χ2v) is 6.22. The smallest absolute Gasteiger partial charge is 0.143 e. The van der Waals surface area contributed by atoms with Gasteiger partial charge in [-0.15, -0.1) is 0 Å². The van der Waals surface area contributed by atoms with Crippen molar-refractivity contribution in [1.82, 2.24) is 14.5 Å². The van der Waals surface area contributed by atoms with Crippen LogP contribution >= 0.6 is 11.8 Å². The standard InChI is InChI=1S/C18H14N6S/c1-24-8-7-22-15(24)11-25-18-14(10-20)16(12-5-3-2-4-6-12)13(9-19)17(21)23-18/h2-8H,11H2,1H3,(H2,21,23). The Hall–Kier alpha value is -3.29. The average Bonchev–Trinajstić information content (AvgIpc) is 3.05. The van der Waals surface area contributed by atoms with E-state index in [9.17, 15) is 10.5 Å². The molecular weight excluding hydrogens is 332 g/mol. The second kappa shape index (κ2) is 7.08. The number of aromatic nitrogens is 3. The Labute approximate surface area is 149 Å². The molecule has 0 amide bonds. The van der Waals surface area contributed by atoms with E-state index < -0.39 is 0 Å². The molecular formula is C18H14N6S. The maximum atomic E-state index is 9.71. The van der Waals surface area contributed by atoms with Crippen LogP contribution < -0.4 is 5.73 Å². The zero-order chi connectivity index (χ0) is 17.8. The van der Waals surface area contributed by atoms with E-state index in [1.54, 1.807) is 6.20 Å². The Morgan fingerprint density at radius 3 is 2.48 bits per heavy atom. The van der Waals surface area contributed by atoms with Gasteiger partial charge in [-0.1, -0.05) is 42.1 Å². The summed E-state index contributed by atoms with van der Waals surface area (Å²) >= 11 is 1.38. The molecule has 25 heavy (non-hydrogen) atoms. The van der Waals surface area contributed by atoms with Gasteiger partial charge in [0.15, 0.2) is 0 Å². The van der Waals surface area contributed by atoms with Gasteiger partial charge in [-0.2, -0.15) is 10.5 Å². The van der Waals surface area contributed by atoms with E-state index in [0.717, 1.165) is 11.4 Å². The third kappa shape index (κ3) is 3.18. The van der Waals surface area contributed by atoms with E-state index in [1.807, 2.05) is 48.1 Å². The molecule has 0 bridgehead atoms. The minimum absolute atomic E-state index is 0.127. The minimum atomic E-state index is 0.127. The van der Waals surface area contributed by atoms with Crippen molar-refractivity contribution in [2.24, 2.45) is 7.05 Å². The summed E-state index contributed by atoms with van der Waals surface area (Å²) in [6.45, 7) is 0. The van der Waals surface area contributed by atoms with Crippen molar-refractivity contribution < 1.29 is 0 Å². The number of nitrogen functional groups attached to an aromatic ring is 1. The summed E-state index contributed by atoms with van der Waals surface area (Å²) < 4.78 is 1.91. The molecule has 0 spiro atoms. The molecule has 3 rings (SSSR count). The number of aryl methyl sites for hydroxylation is 1. The van der Waals surface area contributed by atoms with Gasteiger partial charge in [-0.05, 0) is 5.56 Å². The quantitative estimate of drug-likeness (QED) is 0.728. The fourth-order valence-corrected chi connectivity index (χ4v) is 3.46. The molecule has 0 saturated heterocycles. The van der Waals surface area contributed by atoms with E-state index in [4.69, 9.17) is 5.73 Å². The van der Waals surface area contributed by atoms with Gasteiger partial charge in [-0.3, -0.25) is 0 Å². The van der Waals surface area contributed by atoms with Crippen LogP contribution in [0.1, 0.15) is 17.0 Å². The number of nitrogens with zero attached hydrogens (tertiary/aromatic N) is 5. The van der Waals surface area contributed by atoms with Crippen LogP contribution in [0.3, 0.4) is 0 Å². The number of nitrogens with two attached hydrogens (primary N) is 1. The zero-order valence-corrected chi connectivity index (χ0v) is 14.3. The third-order valence-electron chi connectivity index (χ3n) is 3.74. The van der Waals surface area contributed by atoms with Crippen molar-refractivity contribution in [3.8, 4) is 23.3 Å². The fourth-order valence-electron chi connectivity index (χ4n) is 2.46. The number of hydrogen-bond acceptors (Lipinski definition) is 6. The van der Waals surface area contributed by atoms with Gasteiger partial charge in [-0.25, -0.2) is 9.97 Å². The molecule has 0 aliphatic rings. The van der Waals surface area contributed by atoms with Gasteiger partial charge >= 0.3 is 0 Å². The molecule has 1 aromatic carbocycles. The first-order chi connectivity index (χ1) is 12.2. The molecule has 0 fully saturated rings. The second-order valence-electron chi connectivity index (χ2n) is 5.26. The Morgan fingerprint density at radius 1 is 1.16 bits per heavy atom. The molecule has 0 aliphatic heterocycles. The Bertz CT molecular complexity index is 995. The summed E-state index contributed by atoms with van der Waals surface area (Å²) in [4.78, 5) is 8.56. The van der Waals surface area contributed by atoms with Crippen molar-refractivity contribution in [1.29, 1.82) is 10.5 Å². The van der Waals surface area contributed by atoms with Gasteiger partial charge < -0.3 is 10.3 Å². The molecule has 2 heterocycles. The SMILES string of the molecule is Cn1ccnc1CSc1nc(N)c(C#N)c(-c2ccccc2)c1C#N. The predicted molar refractivity (Wildman–Crippen MR) is 96.3 cm³/mol. The Morgan fingerprint density at radius 2 is 1.88 bits per heavy atom. The summed E-state index contributed by atoms with van der Waals surface area (Å²) in [5, 5.41) is 19.7. The number of anilines is 1. The van der Waals surface area contributed by atoms with Crippen LogP contribution in [0.4, 0.5) is 5.82 Å². The molecule has 122 valence electrons. The highest BCUT2D eigenvalue weighted by Gasteiger charge is 2.20. The van der Waals surface area contributed by atoms with E-state index in [-0.39, 0.29) is 11.4 Å². The average molecular weight is 346 g/mol. The van der Waals surface area contributed by atoms with E-state index in [2.05, 4.69) is 22.1 Å². The fraction of sp³-hybridized carbons (Fsp3) is 0.111.